The van der Waals surface area contributed by atoms with E-state index in [1.807, 2.05) is 48.5 Å². The Kier molecular flexibility index (Phi) is 2.94. The molecule has 2 amide bonds. The number of ether oxygens (including phenoxy) is 1. The molecule has 26 heavy (non-hydrogen) atoms. The van der Waals surface area contributed by atoms with Crippen LogP contribution in [0.25, 0.3) is 32.9 Å². The van der Waals surface area contributed by atoms with E-state index < -0.39 is 0 Å². The van der Waals surface area contributed by atoms with Crippen molar-refractivity contribution in [3.8, 4) is 16.9 Å². The molecule has 0 saturated heterocycles. The zero-order valence-electron chi connectivity index (χ0n) is 13.9. The number of hydrogen-bond donors (Lipinski definition) is 2. The lowest BCUT2D eigenvalue weighted by Crippen LogP contribution is -2.19. The van der Waals surface area contributed by atoms with Crippen LogP contribution in [0, 0.1) is 0 Å². The van der Waals surface area contributed by atoms with Gasteiger partial charge in [-0.1, -0.05) is 30.3 Å². The molecular weight excluding hydrogens is 328 g/mol. The standard InChI is InChI=1S/C21H14N2O3/c1-26-12-7-8-16-14(9-12)17-18-15(20(24)23-21(18)25)10-13(19(17)22-16)11-5-3-2-4-6-11/h2-10,22H,1H3,(H,23,24,25). The van der Waals surface area contributed by atoms with Gasteiger partial charge >= 0.3 is 0 Å². The van der Waals surface area contributed by atoms with Gasteiger partial charge in [0.2, 0.25) is 0 Å². The van der Waals surface area contributed by atoms with Gasteiger partial charge in [0.05, 0.1) is 23.8 Å². The maximum Gasteiger partial charge on any atom is 0.259 e. The first-order valence-corrected chi connectivity index (χ1v) is 8.25. The maximum absolute atomic E-state index is 12.5. The van der Waals surface area contributed by atoms with Crippen LogP contribution in [0.5, 0.6) is 5.75 Å². The predicted molar refractivity (Wildman–Crippen MR) is 99.6 cm³/mol. The highest BCUT2D eigenvalue weighted by Gasteiger charge is 2.32. The average molecular weight is 342 g/mol. The Morgan fingerprint density at radius 3 is 2.46 bits per heavy atom. The summed E-state index contributed by atoms with van der Waals surface area (Å²) in [7, 11) is 1.60. The smallest absolute Gasteiger partial charge is 0.259 e. The van der Waals surface area contributed by atoms with E-state index in [1.54, 1.807) is 13.2 Å². The molecule has 0 unspecified atom stereocenters. The van der Waals surface area contributed by atoms with E-state index in [2.05, 4.69) is 10.3 Å². The second-order valence-corrected chi connectivity index (χ2v) is 6.28. The van der Waals surface area contributed by atoms with Gasteiger partial charge in [0, 0.05) is 21.9 Å². The number of hydrogen-bond acceptors (Lipinski definition) is 3. The third kappa shape index (κ3) is 1.91. The highest BCUT2D eigenvalue weighted by Crippen LogP contribution is 2.39. The van der Waals surface area contributed by atoms with Crippen LogP contribution in [0.15, 0.2) is 54.6 Å². The number of benzene rings is 3. The highest BCUT2D eigenvalue weighted by molar-refractivity contribution is 6.31. The zero-order valence-corrected chi connectivity index (χ0v) is 13.9. The van der Waals surface area contributed by atoms with Crippen LogP contribution >= 0.6 is 0 Å². The number of methoxy groups -OCH3 is 1. The molecule has 1 aliphatic rings. The van der Waals surface area contributed by atoms with Crippen LogP contribution in [-0.4, -0.2) is 23.9 Å². The second-order valence-electron chi connectivity index (χ2n) is 6.28. The Labute approximate surface area is 148 Å². The quantitative estimate of drug-likeness (QED) is 0.543. The van der Waals surface area contributed by atoms with Gasteiger partial charge in [0.25, 0.3) is 11.8 Å². The molecule has 2 heterocycles. The summed E-state index contributed by atoms with van der Waals surface area (Å²) in [5, 5.41) is 4.02. The van der Waals surface area contributed by atoms with E-state index in [9.17, 15) is 9.59 Å². The number of rotatable bonds is 2. The fraction of sp³-hybridized carbons (Fsp3) is 0.0476. The molecule has 0 atom stereocenters. The number of imide groups is 1. The van der Waals surface area contributed by atoms with Gasteiger partial charge in [-0.15, -0.1) is 0 Å². The highest BCUT2D eigenvalue weighted by atomic mass is 16.5. The van der Waals surface area contributed by atoms with Crippen molar-refractivity contribution in [1.29, 1.82) is 0 Å². The first-order chi connectivity index (χ1) is 12.7. The van der Waals surface area contributed by atoms with E-state index in [0.29, 0.717) is 16.9 Å². The molecule has 5 nitrogen and oxygen atoms in total. The summed E-state index contributed by atoms with van der Waals surface area (Å²) in [5.41, 5.74) is 4.42. The minimum atomic E-state index is -0.363. The van der Waals surface area contributed by atoms with Gasteiger partial charge in [-0.05, 0) is 29.8 Å². The third-order valence-corrected chi connectivity index (χ3v) is 4.87. The monoisotopic (exact) mass is 342 g/mol. The second kappa shape index (κ2) is 5.20. The van der Waals surface area contributed by atoms with Gasteiger partial charge in [-0.3, -0.25) is 14.9 Å². The SMILES string of the molecule is COc1ccc2[nH]c3c(-c4ccccc4)cc4c(c3c2c1)C(=O)NC4=O. The fourth-order valence-electron chi connectivity index (χ4n) is 3.68. The molecule has 0 aliphatic carbocycles. The number of fused-ring (bicyclic) bond motifs is 5. The van der Waals surface area contributed by atoms with E-state index >= 15 is 0 Å². The van der Waals surface area contributed by atoms with Gasteiger partial charge in [-0.2, -0.15) is 0 Å². The summed E-state index contributed by atoms with van der Waals surface area (Å²) in [4.78, 5) is 28.2. The van der Waals surface area contributed by atoms with Crippen molar-refractivity contribution in [2.24, 2.45) is 0 Å². The van der Waals surface area contributed by atoms with Crippen LogP contribution in [0.2, 0.25) is 0 Å². The summed E-state index contributed by atoms with van der Waals surface area (Å²) >= 11 is 0. The molecule has 126 valence electrons. The molecule has 1 aromatic heterocycles. The summed E-state index contributed by atoms with van der Waals surface area (Å²) in [5.74, 6) is -0.0262. The molecule has 0 saturated carbocycles. The minimum Gasteiger partial charge on any atom is -0.497 e. The molecule has 2 N–H and O–H groups in total. The Morgan fingerprint density at radius 1 is 0.885 bits per heavy atom. The lowest BCUT2D eigenvalue weighted by molar-refractivity contribution is 0.0880. The molecular formula is C21H14N2O3. The van der Waals surface area contributed by atoms with Crippen molar-refractivity contribution in [2.75, 3.05) is 7.11 Å². The molecule has 1 aliphatic heterocycles. The number of aromatic amines is 1. The third-order valence-electron chi connectivity index (χ3n) is 4.87. The molecule has 4 aromatic rings. The number of carbonyl (C=O) groups is 2. The normalized spacial score (nSPS) is 13.3. The van der Waals surface area contributed by atoms with Crippen LogP contribution < -0.4 is 10.1 Å². The number of amides is 2. The summed E-state index contributed by atoms with van der Waals surface area (Å²) in [6.07, 6.45) is 0. The molecule has 0 bridgehead atoms. The van der Waals surface area contributed by atoms with E-state index in [-0.39, 0.29) is 11.8 Å². The molecule has 5 rings (SSSR count). The summed E-state index contributed by atoms with van der Waals surface area (Å²) < 4.78 is 5.34. The number of carbonyl (C=O) groups excluding carboxylic acids is 2. The fourth-order valence-corrected chi connectivity index (χ4v) is 3.68. The summed E-state index contributed by atoms with van der Waals surface area (Å²) in [6.45, 7) is 0. The average Bonchev–Trinajstić information content (AvgIpc) is 3.18. The van der Waals surface area contributed by atoms with Crippen LogP contribution in [0.4, 0.5) is 0 Å². The van der Waals surface area contributed by atoms with Gasteiger partial charge in [0.15, 0.2) is 0 Å². The topological polar surface area (TPSA) is 71.2 Å². The van der Waals surface area contributed by atoms with Gasteiger partial charge in [-0.25, -0.2) is 0 Å². The largest absolute Gasteiger partial charge is 0.497 e. The first kappa shape index (κ1) is 14.7. The van der Waals surface area contributed by atoms with E-state index in [1.165, 1.54) is 0 Å². The van der Waals surface area contributed by atoms with Crippen molar-refractivity contribution < 1.29 is 14.3 Å². The molecule has 3 aromatic carbocycles. The van der Waals surface area contributed by atoms with Gasteiger partial charge < -0.3 is 9.72 Å². The van der Waals surface area contributed by atoms with Crippen LogP contribution in [0.3, 0.4) is 0 Å². The number of nitrogens with one attached hydrogen (secondary N) is 2. The maximum atomic E-state index is 12.5. The molecule has 0 spiro atoms. The van der Waals surface area contributed by atoms with Crippen molar-refractivity contribution in [1.82, 2.24) is 10.3 Å². The zero-order chi connectivity index (χ0) is 17.8. The Balaban J connectivity index is 1.99. The molecule has 5 heteroatoms. The predicted octanol–water partition coefficient (Wildman–Crippen LogP) is 3.88. The lowest BCUT2D eigenvalue weighted by Gasteiger charge is -2.07. The van der Waals surface area contributed by atoms with Crippen molar-refractivity contribution in [3.63, 3.8) is 0 Å². The van der Waals surface area contributed by atoms with Crippen molar-refractivity contribution in [3.05, 3.63) is 65.7 Å². The first-order valence-electron chi connectivity index (χ1n) is 8.25. The Hall–Kier alpha value is -3.60. The molecule has 0 radical (unpaired) electrons. The van der Waals surface area contributed by atoms with Crippen molar-refractivity contribution in [2.45, 2.75) is 0 Å². The van der Waals surface area contributed by atoms with Crippen molar-refractivity contribution >= 4 is 33.6 Å². The summed E-state index contributed by atoms with van der Waals surface area (Å²) in [6, 6.07) is 17.3. The molecule has 0 fully saturated rings. The van der Waals surface area contributed by atoms with E-state index in [4.69, 9.17) is 4.74 Å². The number of H-pyrrole nitrogens is 1. The Bertz CT molecular complexity index is 1220. The van der Waals surface area contributed by atoms with Gasteiger partial charge in [0.1, 0.15) is 5.75 Å². The van der Waals surface area contributed by atoms with E-state index in [0.717, 1.165) is 32.9 Å². The lowest BCUT2D eigenvalue weighted by atomic mass is 9.95. The van der Waals surface area contributed by atoms with Crippen LogP contribution in [-0.2, 0) is 0 Å². The Morgan fingerprint density at radius 2 is 1.69 bits per heavy atom. The number of aromatic nitrogens is 1. The van der Waals surface area contributed by atoms with Crippen LogP contribution in [0.1, 0.15) is 20.7 Å². The minimum absolute atomic E-state index is 0.360.